The first-order chi connectivity index (χ1) is 35.2. The first-order valence-corrected chi connectivity index (χ1v) is 25.5. The third kappa shape index (κ3) is 6.62. The maximum absolute atomic E-state index is 6.63. The Morgan fingerprint density at radius 2 is 0.861 bits per heavy atom. The Labute approximate surface area is 422 Å². The zero-order chi connectivity index (χ0) is 48.3. The first kappa shape index (κ1) is 42.4. The van der Waals surface area contributed by atoms with Crippen molar-refractivity contribution in [2.75, 3.05) is 4.90 Å². The molecule has 0 radical (unpaired) electrons. The summed E-state index contributed by atoms with van der Waals surface area (Å²) in [5.74, 6) is 1.10. The molecule has 10 aromatic carbocycles. The van der Waals surface area contributed by atoms with Crippen molar-refractivity contribution in [3.8, 4) is 66.8 Å². The molecular formula is C70H53NO. The molecule has 0 aliphatic heterocycles. The van der Waals surface area contributed by atoms with Crippen LogP contribution < -0.4 is 4.90 Å². The van der Waals surface area contributed by atoms with Crippen LogP contribution in [-0.2, 0) is 17.3 Å². The summed E-state index contributed by atoms with van der Waals surface area (Å²) in [6.07, 6.45) is 6.48. The molecule has 0 fully saturated rings. The predicted molar refractivity (Wildman–Crippen MR) is 303 cm³/mol. The van der Waals surface area contributed by atoms with Crippen LogP contribution in [0, 0.1) is 0 Å². The lowest BCUT2D eigenvalue weighted by atomic mass is 9.81. The predicted octanol–water partition coefficient (Wildman–Crippen LogP) is 19.3. The van der Waals surface area contributed by atoms with E-state index in [-0.39, 0.29) is 10.8 Å². The molecule has 14 rings (SSSR count). The van der Waals surface area contributed by atoms with Crippen LogP contribution in [0.5, 0.6) is 0 Å². The van der Waals surface area contributed by atoms with Gasteiger partial charge in [0.25, 0.3) is 0 Å². The third-order valence-electron chi connectivity index (χ3n) is 16.3. The highest BCUT2D eigenvalue weighted by molar-refractivity contribution is 6.00. The van der Waals surface area contributed by atoms with Crippen molar-refractivity contribution >= 4 is 44.9 Å². The quantitative estimate of drug-likeness (QED) is 0.158. The number of hydrogen-bond donors (Lipinski definition) is 0. The fraction of sp³-hybridized carbons (Fsp3) is 0.114. The second-order valence-corrected chi connectivity index (χ2v) is 21.2. The maximum Gasteiger partial charge on any atom is 0.142 e. The Morgan fingerprint density at radius 3 is 1.51 bits per heavy atom. The van der Waals surface area contributed by atoms with E-state index in [1.165, 1.54) is 105 Å². The topological polar surface area (TPSA) is 16.4 Å². The molecule has 3 aliphatic rings. The molecule has 3 aliphatic carbocycles. The Balaban J connectivity index is 0.855. The Hall–Kier alpha value is -8.46. The van der Waals surface area contributed by atoms with E-state index in [9.17, 15) is 0 Å². The van der Waals surface area contributed by atoms with Crippen molar-refractivity contribution in [1.82, 2.24) is 0 Å². The van der Waals surface area contributed by atoms with Crippen LogP contribution in [0.25, 0.3) is 94.6 Å². The van der Waals surface area contributed by atoms with Gasteiger partial charge in [0, 0.05) is 50.8 Å². The van der Waals surface area contributed by atoms with Crippen molar-refractivity contribution in [2.24, 2.45) is 0 Å². The van der Waals surface area contributed by atoms with Gasteiger partial charge in [0.2, 0.25) is 0 Å². The van der Waals surface area contributed by atoms with Gasteiger partial charge in [0.05, 0.1) is 0 Å². The van der Waals surface area contributed by atoms with Gasteiger partial charge in [-0.2, -0.15) is 0 Å². The Kier molecular flexibility index (Phi) is 9.45. The van der Waals surface area contributed by atoms with E-state index in [4.69, 9.17) is 4.42 Å². The normalized spacial score (nSPS) is 14.4. The fourth-order valence-electron chi connectivity index (χ4n) is 12.4. The number of para-hydroxylation sites is 1. The monoisotopic (exact) mass is 923 g/mol. The lowest BCUT2D eigenvalue weighted by Crippen LogP contribution is -2.18. The largest absolute Gasteiger partial charge is 0.460 e. The molecule has 1 aromatic heterocycles. The molecule has 2 nitrogen and oxygen atoms in total. The molecule has 11 aromatic rings. The molecule has 344 valence electrons. The van der Waals surface area contributed by atoms with Crippen LogP contribution in [0.4, 0.5) is 17.1 Å². The summed E-state index contributed by atoms with van der Waals surface area (Å²) in [5, 5.41) is 3.73. The van der Waals surface area contributed by atoms with Crippen molar-refractivity contribution in [2.45, 2.75) is 51.4 Å². The second kappa shape index (κ2) is 16.0. The van der Waals surface area contributed by atoms with Crippen LogP contribution in [0.15, 0.2) is 223 Å². The van der Waals surface area contributed by atoms with E-state index in [1.54, 1.807) is 0 Å². The molecular weight excluding hydrogens is 871 g/mol. The van der Waals surface area contributed by atoms with Crippen LogP contribution >= 0.6 is 0 Å². The lowest BCUT2D eigenvalue weighted by Gasteiger charge is -2.30. The summed E-state index contributed by atoms with van der Waals surface area (Å²) in [6, 6.07) is 79.3. The van der Waals surface area contributed by atoms with Gasteiger partial charge in [0.15, 0.2) is 0 Å². The summed E-state index contributed by atoms with van der Waals surface area (Å²) < 4.78 is 6.63. The van der Waals surface area contributed by atoms with Gasteiger partial charge >= 0.3 is 0 Å². The minimum Gasteiger partial charge on any atom is -0.460 e. The molecule has 0 atom stereocenters. The van der Waals surface area contributed by atoms with Gasteiger partial charge in [-0.1, -0.05) is 198 Å². The van der Waals surface area contributed by atoms with Gasteiger partial charge in [-0.3, -0.25) is 0 Å². The van der Waals surface area contributed by atoms with Gasteiger partial charge in [0.1, 0.15) is 11.3 Å². The maximum atomic E-state index is 6.63. The smallest absolute Gasteiger partial charge is 0.142 e. The Morgan fingerprint density at radius 1 is 0.375 bits per heavy atom. The lowest BCUT2D eigenvalue weighted by molar-refractivity contribution is 0.547. The summed E-state index contributed by atoms with van der Waals surface area (Å²) in [6.45, 7) is 9.58. The highest BCUT2D eigenvalue weighted by atomic mass is 16.3. The summed E-state index contributed by atoms with van der Waals surface area (Å²) in [5.41, 5.74) is 25.4. The molecule has 72 heavy (non-hydrogen) atoms. The van der Waals surface area contributed by atoms with E-state index in [1.807, 2.05) is 0 Å². The standard InChI is InChI=1S/C70H53NO/c1-69(2)63-40-51(50-26-25-45-15-8-9-16-49(45)39-50)29-35-57(63)59-37-33-54(42-65(59)69)71(53-31-27-48(28-32-53)47-23-21-46(22-24-47)44-13-6-5-7-14-44)55-34-38-60-58-36-30-52(41-64(58)70(3,4)66(60)43-55)56-18-12-19-62-61-17-10-11-20-67(61)72-68(56)62/h5-10,12-19,21-43H,11,20H2,1-4H3. The zero-order valence-corrected chi connectivity index (χ0v) is 41.1. The highest BCUT2D eigenvalue weighted by Crippen LogP contribution is 2.54. The van der Waals surface area contributed by atoms with E-state index >= 15 is 0 Å². The fourth-order valence-corrected chi connectivity index (χ4v) is 12.4. The molecule has 0 saturated carbocycles. The van der Waals surface area contributed by atoms with Crippen LogP contribution in [0.1, 0.15) is 67.7 Å². The van der Waals surface area contributed by atoms with Crippen LogP contribution in [0.3, 0.4) is 0 Å². The van der Waals surface area contributed by atoms with Crippen molar-refractivity contribution in [1.29, 1.82) is 0 Å². The van der Waals surface area contributed by atoms with Crippen LogP contribution in [0.2, 0.25) is 0 Å². The molecule has 0 bridgehead atoms. The van der Waals surface area contributed by atoms with E-state index in [0.29, 0.717) is 0 Å². The molecule has 1 heterocycles. The van der Waals surface area contributed by atoms with E-state index in [2.05, 4.69) is 257 Å². The average molecular weight is 924 g/mol. The van der Waals surface area contributed by atoms with Crippen LogP contribution in [-0.4, -0.2) is 0 Å². The number of allylic oxidation sites excluding steroid dienone is 1. The summed E-state index contributed by atoms with van der Waals surface area (Å²) in [7, 11) is 0. The Bertz CT molecular complexity index is 4010. The average Bonchev–Trinajstić information content (AvgIpc) is 4.00. The number of benzene rings is 10. The first-order valence-electron chi connectivity index (χ1n) is 25.5. The SMILES string of the molecule is CC1(C)c2cc(-c3ccc4ccccc4c3)ccc2-c2ccc(N(c3ccc(-c4ccc(-c5ccccc5)cc4)cc3)c3ccc4c(c3)C(C)(C)c3cc(-c5cccc6c7c(oc56)CCC=C7)ccc3-4)cc21. The molecule has 0 spiro atoms. The van der Waals surface area contributed by atoms with Gasteiger partial charge < -0.3 is 9.32 Å². The number of nitrogens with zero attached hydrogens (tertiary/aromatic N) is 1. The molecule has 0 saturated heterocycles. The molecule has 0 amide bonds. The van der Waals surface area contributed by atoms with Crippen molar-refractivity contribution < 1.29 is 4.42 Å². The minimum atomic E-state index is -0.249. The zero-order valence-electron chi connectivity index (χ0n) is 41.1. The van der Waals surface area contributed by atoms with Gasteiger partial charge in [-0.15, -0.1) is 0 Å². The van der Waals surface area contributed by atoms with Crippen molar-refractivity contribution in [3.63, 3.8) is 0 Å². The van der Waals surface area contributed by atoms with E-state index < -0.39 is 0 Å². The highest BCUT2D eigenvalue weighted by Gasteiger charge is 2.38. The number of fused-ring (bicyclic) bond motifs is 10. The number of rotatable bonds is 7. The third-order valence-corrected chi connectivity index (χ3v) is 16.3. The molecule has 0 N–H and O–H groups in total. The summed E-state index contributed by atoms with van der Waals surface area (Å²) >= 11 is 0. The number of hydrogen-bond acceptors (Lipinski definition) is 2. The van der Waals surface area contributed by atoms with Gasteiger partial charge in [-0.25, -0.2) is 0 Å². The number of aryl methyl sites for hydroxylation is 1. The number of anilines is 3. The molecule has 0 unspecified atom stereocenters. The number of furan rings is 1. The van der Waals surface area contributed by atoms with Gasteiger partial charge in [-0.05, 0) is 155 Å². The second-order valence-electron chi connectivity index (χ2n) is 21.2. The minimum absolute atomic E-state index is 0.218. The summed E-state index contributed by atoms with van der Waals surface area (Å²) in [4.78, 5) is 2.47. The molecule has 2 heteroatoms. The van der Waals surface area contributed by atoms with Crippen molar-refractivity contribution in [3.05, 3.63) is 252 Å². The van der Waals surface area contributed by atoms with E-state index in [0.717, 1.165) is 46.8 Å².